The Kier molecular flexibility index (Phi) is 3.81. The van der Waals surface area contributed by atoms with Gasteiger partial charge in [-0.2, -0.15) is 0 Å². The van der Waals surface area contributed by atoms with Gasteiger partial charge in [0.05, 0.1) is 12.1 Å². The topological polar surface area (TPSA) is 45.1 Å². The smallest absolute Gasteiger partial charge is 0.126 e. The number of benzene rings is 1. The quantitative estimate of drug-likeness (QED) is 0.899. The van der Waals surface area contributed by atoms with Crippen molar-refractivity contribution in [2.45, 2.75) is 25.7 Å². The summed E-state index contributed by atoms with van der Waals surface area (Å²) < 4.78 is 0. The summed E-state index contributed by atoms with van der Waals surface area (Å²) in [7, 11) is 0. The molecular formula is C16H19ClN2O. The van der Waals surface area contributed by atoms with Gasteiger partial charge < -0.3 is 10.4 Å². The second-order valence-corrected chi connectivity index (χ2v) is 6.19. The molecule has 3 nitrogen and oxygen atoms in total. The molecule has 2 N–H and O–H groups in total. The molecule has 1 saturated carbocycles. The predicted octanol–water partition coefficient (Wildman–Crippen LogP) is 3.85. The molecule has 4 heteroatoms. The van der Waals surface area contributed by atoms with E-state index in [2.05, 4.69) is 10.3 Å². The first-order valence-corrected chi connectivity index (χ1v) is 7.50. The highest BCUT2D eigenvalue weighted by atomic mass is 35.5. The normalized spacial score (nSPS) is 17.5. The summed E-state index contributed by atoms with van der Waals surface area (Å²) in [6, 6.07) is 9.70. The Balaban J connectivity index is 1.76. The lowest BCUT2D eigenvalue weighted by Crippen LogP contribution is -2.30. The number of rotatable bonds is 4. The zero-order valence-electron chi connectivity index (χ0n) is 11.4. The van der Waals surface area contributed by atoms with E-state index in [0.29, 0.717) is 0 Å². The van der Waals surface area contributed by atoms with Gasteiger partial charge in [-0.25, -0.2) is 4.98 Å². The average molecular weight is 291 g/mol. The molecule has 1 aliphatic carbocycles. The lowest BCUT2D eigenvalue weighted by Gasteiger charge is -2.26. The molecule has 0 spiro atoms. The van der Waals surface area contributed by atoms with Gasteiger partial charge in [-0.15, -0.1) is 0 Å². The number of aromatic nitrogens is 1. The molecule has 1 fully saturated rings. The van der Waals surface area contributed by atoms with Gasteiger partial charge in [0.2, 0.25) is 0 Å². The maximum absolute atomic E-state index is 9.62. The van der Waals surface area contributed by atoms with Crippen molar-refractivity contribution in [1.29, 1.82) is 0 Å². The van der Waals surface area contributed by atoms with Crippen molar-refractivity contribution in [3.63, 3.8) is 0 Å². The Morgan fingerprint density at radius 3 is 2.75 bits per heavy atom. The van der Waals surface area contributed by atoms with Crippen LogP contribution >= 0.6 is 11.6 Å². The number of pyridine rings is 1. The van der Waals surface area contributed by atoms with Crippen LogP contribution in [-0.4, -0.2) is 23.2 Å². The lowest BCUT2D eigenvalue weighted by molar-refractivity contribution is 0.142. The molecule has 0 aliphatic heterocycles. The summed E-state index contributed by atoms with van der Waals surface area (Å²) in [5, 5.41) is 14.8. The second-order valence-electron chi connectivity index (χ2n) is 5.75. The molecule has 0 saturated heterocycles. The lowest BCUT2D eigenvalue weighted by atomic mass is 9.87. The largest absolute Gasteiger partial charge is 0.396 e. The summed E-state index contributed by atoms with van der Waals surface area (Å²) in [6.07, 6.45) is 4.62. The zero-order chi connectivity index (χ0) is 14.0. The van der Waals surface area contributed by atoms with Crippen molar-refractivity contribution >= 4 is 28.3 Å². The fourth-order valence-electron chi connectivity index (χ4n) is 2.99. The molecule has 0 radical (unpaired) electrons. The molecule has 0 atom stereocenters. The molecular weight excluding hydrogens is 272 g/mol. The first-order chi connectivity index (χ1) is 9.71. The number of aliphatic hydroxyl groups is 1. The molecule has 106 valence electrons. The second kappa shape index (κ2) is 5.58. The summed E-state index contributed by atoms with van der Waals surface area (Å²) >= 11 is 5.97. The van der Waals surface area contributed by atoms with Gasteiger partial charge in [0, 0.05) is 22.4 Å². The molecule has 0 bridgehead atoms. The van der Waals surface area contributed by atoms with Crippen LogP contribution in [-0.2, 0) is 0 Å². The van der Waals surface area contributed by atoms with E-state index in [1.165, 1.54) is 12.8 Å². The number of anilines is 1. The molecule has 2 aromatic rings. The van der Waals surface area contributed by atoms with Crippen molar-refractivity contribution in [2.75, 3.05) is 18.5 Å². The standard InChI is InChI=1S/C16H19ClN2O/c17-13-4-5-14-12(9-13)3-6-15(19-14)18-10-16(11-20)7-1-2-8-16/h3-6,9,20H,1-2,7-8,10-11H2,(H,18,19). The maximum Gasteiger partial charge on any atom is 0.126 e. The fourth-order valence-corrected chi connectivity index (χ4v) is 3.17. The van der Waals surface area contributed by atoms with Crippen molar-refractivity contribution in [3.8, 4) is 0 Å². The molecule has 0 amide bonds. The van der Waals surface area contributed by atoms with Crippen LogP contribution in [0.5, 0.6) is 0 Å². The molecule has 1 aromatic heterocycles. The van der Waals surface area contributed by atoms with Gasteiger partial charge in [-0.05, 0) is 43.2 Å². The highest BCUT2D eigenvalue weighted by Gasteiger charge is 2.32. The Morgan fingerprint density at radius 1 is 1.20 bits per heavy atom. The number of hydrogen-bond acceptors (Lipinski definition) is 3. The third-order valence-corrected chi connectivity index (χ3v) is 4.53. The van der Waals surface area contributed by atoms with Crippen LogP contribution in [0.3, 0.4) is 0 Å². The van der Waals surface area contributed by atoms with Crippen LogP contribution in [0.4, 0.5) is 5.82 Å². The third-order valence-electron chi connectivity index (χ3n) is 4.30. The minimum Gasteiger partial charge on any atom is -0.396 e. The number of hydrogen-bond donors (Lipinski definition) is 2. The monoisotopic (exact) mass is 290 g/mol. The van der Waals surface area contributed by atoms with Gasteiger partial charge >= 0.3 is 0 Å². The Labute approximate surface area is 124 Å². The van der Waals surface area contributed by atoms with Gasteiger partial charge in [-0.3, -0.25) is 0 Å². The van der Waals surface area contributed by atoms with Gasteiger partial charge in [-0.1, -0.05) is 24.4 Å². The maximum atomic E-state index is 9.62. The van der Waals surface area contributed by atoms with E-state index in [1.54, 1.807) is 0 Å². The van der Waals surface area contributed by atoms with Crippen LogP contribution < -0.4 is 5.32 Å². The van der Waals surface area contributed by atoms with Crippen LogP contribution in [0.25, 0.3) is 10.9 Å². The van der Waals surface area contributed by atoms with Gasteiger partial charge in [0.25, 0.3) is 0 Å². The first-order valence-electron chi connectivity index (χ1n) is 7.12. The fraction of sp³-hybridized carbons (Fsp3) is 0.438. The van der Waals surface area contributed by atoms with E-state index in [0.717, 1.165) is 41.1 Å². The summed E-state index contributed by atoms with van der Waals surface area (Å²) in [4.78, 5) is 4.59. The first kappa shape index (κ1) is 13.7. The number of halogens is 1. The highest BCUT2D eigenvalue weighted by Crippen LogP contribution is 2.37. The Bertz CT molecular complexity index is 608. The Morgan fingerprint density at radius 2 is 2.00 bits per heavy atom. The van der Waals surface area contributed by atoms with Crippen molar-refractivity contribution in [1.82, 2.24) is 4.98 Å². The van der Waals surface area contributed by atoms with Crippen LogP contribution in [0.2, 0.25) is 5.02 Å². The number of fused-ring (bicyclic) bond motifs is 1. The minimum atomic E-state index is 0.0383. The third kappa shape index (κ3) is 2.74. The number of nitrogens with one attached hydrogen (secondary N) is 1. The van der Waals surface area contributed by atoms with E-state index in [-0.39, 0.29) is 12.0 Å². The zero-order valence-corrected chi connectivity index (χ0v) is 12.2. The molecule has 0 unspecified atom stereocenters. The van der Waals surface area contributed by atoms with E-state index < -0.39 is 0 Å². The number of aliphatic hydroxyl groups excluding tert-OH is 1. The predicted molar refractivity (Wildman–Crippen MR) is 83.2 cm³/mol. The van der Waals surface area contributed by atoms with Crippen LogP contribution in [0.15, 0.2) is 30.3 Å². The average Bonchev–Trinajstić information content (AvgIpc) is 2.94. The molecule has 20 heavy (non-hydrogen) atoms. The summed E-state index contributed by atoms with van der Waals surface area (Å²) in [5.41, 5.74) is 0.972. The van der Waals surface area contributed by atoms with Crippen molar-refractivity contribution in [3.05, 3.63) is 35.4 Å². The van der Waals surface area contributed by atoms with E-state index in [1.807, 2.05) is 30.3 Å². The highest BCUT2D eigenvalue weighted by molar-refractivity contribution is 6.31. The van der Waals surface area contributed by atoms with Crippen molar-refractivity contribution in [2.24, 2.45) is 5.41 Å². The Hall–Kier alpha value is -1.32. The van der Waals surface area contributed by atoms with E-state index in [9.17, 15) is 5.11 Å². The SMILES string of the molecule is OCC1(CNc2ccc3cc(Cl)ccc3n2)CCCC1. The molecule has 3 rings (SSSR count). The molecule has 1 heterocycles. The van der Waals surface area contributed by atoms with Gasteiger partial charge in [0.15, 0.2) is 0 Å². The number of nitrogens with zero attached hydrogens (tertiary/aromatic N) is 1. The van der Waals surface area contributed by atoms with Crippen LogP contribution in [0.1, 0.15) is 25.7 Å². The molecule has 1 aliphatic rings. The summed E-state index contributed by atoms with van der Waals surface area (Å²) in [5.74, 6) is 0.861. The van der Waals surface area contributed by atoms with E-state index in [4.69, 9.17) is 11.6 Å². The van der Waals surface area contributed by atoms with Crippen molar-refractivity contribution < 1.29 is 5.11 Å². The van der Waals surface area contributed by atoms with Gasteiger partial charge in [0.1, 0.15) is 5.82 Å². The van der Waals surface area contributed by atoms with Crippen LogP contribution in [0, 0.1) is 5.41 Å². The minimum absolute atomic E-state index is 0.0383. The summed E-state index contributed by atoms with van der Waals surface area (Å²) in [6.45, 7) is 1.04. The molecule has 1 aromatic carbocycles. The van der Waals surface area contributed by atoms with E-state index >= 15 is 0 Å².